The maximum absolute atomic E-state index is 12.8. The van der Waals surface area contributed by atoms with Crippen LogP contribution >= 0.6 is 0 Å². The van der Waals surface area contributed by atoms with E-state index in [4.69, 9.17) is 10.8 Å². The van der Waals surface area contributed by atoms with Gasteiger partial charge in [-0.15, -0.1) is 0 Å². The number of aliphatic carboxylic acids is 2. The van der Waals surface area contributed by atoms with E-state index >= 15 is 0 Å². The quantitative estimate of drug-likeness (QED) is 0.189. The van der Waals surface area contributed by atoms with Gasteiger partial charge in [0.15, 0.2) is 0 Å². The first-order valence-corrected chi connectivity index (χ1v) is 10.2. The summed E-state index contributed by atoms with van der Waals surface area (Å²) < 4.78 is 0. The number of phenols is 1. The molecule has 0 spiro atoms. The van der Waals surface area contributed by atoms with Crippen molar-refractivity contribution in [1.29, 1.82) is 0 Å². The van der Waals surface area contributed by atoms with E-state index in [1.54, 1.807) is 13.8 Å². The largest absolute Gasteiger partial charge is 0.508 e. The van der Waals surface area contributed by atoms with Gasteiger partial charge in [0.25, 0.3) is 0 Å². The number of carbonyl (C=O) groups excluding carboxylic acids is 3. The van der Waals surface area contributed by atoms with Crippen LogP contribution in [0, 0.1) is 5.92 Å². The molecule has 0 fully saturated rings. The Kier molecular flexibility index (Phi) is 10.8. The van der Waals surface area contributed by atoms with Crippen LogP contribution in [0.4, 0.5) is 0 Å². The lowest BCUT2D eigenvalue weighted by Gasteiger charge is -2.23. The number of carbonyl (C=O) groups is 5. The molecule has 8 N–H and O–H groups in total. The second-order valence-electron chi connectivity index (χ2n) is 7.94. The Labute approximate surface area is 190 Å². The highest BCUT2D eigenvalue weighted by atomic mass is 16.4. The van der Waals surface area contributed by atoms with E-state index in [9.17, 15) is 34.2 Å². The van der Waals surface area contributed by atoms with Crippen LogP contribution in [0.2, 0.25) is 0 Å². The van der Waals surface area contributed by atoms with Crippen molar-refractivity contribution in [3.05, 3.63) is 29.8 Å². The van der Waals surface area contributed by atoms with E-state index in [0.29, 0.717) is 5.56 Å². The van der Waals surface area contributed by atoms with Crippen molar-refractivity contribution in [3.8, 4) is 5.75 Å². The topological polar surface area (TPSA) is 208 Å². The molecule has 3 amide bonds. The molecule has 0 aliphatic rings. The Morgan fingerprint density at radius 3 is 2.06 bits per heavy atom. The third-order valence-electron chi connectivity index (χ3n) is 4.50. The zero-order valence-electron chi connectivity index (χ0n) is 18.4. The number of benzene rings is 1. The van der Waals surface area contributed by atoms with E-state index in [2.05, 4.69) is 16.0 Å². The molecule has 0 bridgehead atoms. The van der Waals surface area contributed by atoms with Gasteiger partial charge in [0, 0.05) is 6.42 Å². The number of rotatable bonds is 13. The van der Waals surface area contributed by atoms with Crippen LogP contribution in [0.15, 0.2) is 24.3 Å². The second-order valence-corrected chi connectivity index (χ2v) is 7.94. The van der Waals surface area contributed by atoms with Crippen LogP contribution in [0.5, 0.6) is 5.75 Å². The summed E-state index contributed by atoms with van der Waals surface area (Å²) in [6.45, 7) is 3.03. The predicted molar refractivity (Wildman–Crippen MR) is 116 cm³/mol. The lowest BCUT2D eigenvalue weighted by molar-refractivity contribution is -0.142. The summed E-state index contributed by atoms with van der Waals surface area (Å²) in [5.41, 5.74) is 6.01. The van der Waals surface area contributed by atoms with Gasteiger partial charge in [-0.05, 0) is 30.0 Å². The van der Waals surface area contributed by atoms with Gasteiger partial charge >= 0.3 is 11.9 Å². The number of carboxylic acids is 2. The number of carboxylic acid groups (broad SMARTS) is 2. The summed E-state index contributed by atoms with van der Waals surface area (Å²) in [5, 5.41) is 34.5. The normalized spacial score (nSPS) is 13.5. The van der Waals surface area contributed by atoms with Crippen LogP contribution in [0.25, 0.3) is 0 Å². The fraction of sp³-hybridized carbons (Fsp3) is 0.476. The Hall–Kier alpha value is -3.67. The van der Waals surface area contributed by atoms with Gasteiger partial charge in [0.2, 0.25) is 17.7 Å². The number of amides is 3. The minimum atomic E-state index is -1.35. The lowest BCUT2D eigenvalue weighted by atomic mass is 10.0. The summed E-state index contributed by atoms with van der Waals surface area (Å²) in [6.07, 6.45) is -0.456. The molecule has 0 heterocycles. The first kappa shape index (κ1) is 27.4. The zero-order valence-corrected chi connectivity index (χ0v) is 18.4. The number of nitrogens with two attached hydrogens (primary N) is 1. The summed E-state index contributed by atoms with van der Waals surface area (Å²) in [4.78, 5) is 59.1. The molecule has 0 aromatic heterocycles. The molecule has 1 rings (SSSR count). The minimum Gasteiger partial charge on any atom is -0.508 e. The lowest BCUT2D eigenvalue weighted by Crippen LogP contribution is -2.54. The fourth-order valence-corrected chi connectivity index (χ4v) is 2.87. The van der Waals surface area contributed by atoms with Gasteiger partial charge in [0.1, 0.15) is 17.8 Å². The summed E-state index contributed by atoms with van der Waals surface area (Å²) in [6, 6.07) is 2.18. The van der Waals surface area contributed by atoms with Crippen molar-refractivity contribution >= 4 is 29.7 Å². The van der Waals surface area contributed by atoms with Crippen LogP contribution in [0.1, 0.15) is 32.3 Å². The minimum absolute atomic E-state index is 0.00655. The van der Waals surface area contributed by atoms with Crippen LogP contribution in [0.3, 0.4) is 0 Å². The van der Waals surface area contributed by atoms with Gasteiger partial charge < -0.3 is 37.0 Å². The van der Waals surface area contributed by atoms with Crippen LogP contribution < -0.4 is 21.7 Å². The van der Waals surface area contributed by atoms with E-state index in [0.717, 1.165) is 0 Å². The smallest absolute Gasteiger partial charge is 0.326 e. The zero-order chi connectivity index (χ0) is 25.1. The fourth-order valence-electron chi connectivity index (χ4n) is 2.87. The van der Waals surface area contributed by atoms with Gasteiger partial charge in [-0.25, -0.2) is 4.79 Å². The highest BCUT2D eigenvalue weighted by Gasteiger charge is 2.27. The average molecular weight is 466 g/mol. The van der Waals surface area contributed by atoms with E-state index < -0.39 is 60.8 Å². The third kappa shape index (κ3) is 10.5. The molecule has 1 aromatic carbocycles. The molecule has 3 atom stereocenters. The number of phenolic OH excluding ortho intramolecular Hbond substituents is 1. The molecular formula is C21H30N4O8. The van der Waals surface area contributed by atoms with Gasteiger partial charge in [-0.2, -0.15) is 0 Å². The molecule has 0 saturated heterocycles. The molecule has 0 saturated carbocycles. The Morgan fingerprint density at radius 1 is 0.939 bits per heavy atom. The van der Waals surface area contributed by atoms with Crippen molar-refractivity contribution in [3.63, 3.8) is 0 Å². The predicted octanol–water partition coefficient (Wildman–Crippen LogP) is -1.05. The maximum atomic E-state index is 12.8. The molecular weight excluding hydrogens is 436 g/mol. The summed E-state index contributed by atoms with van der Waals surface area (Å²) >= 11 is 0. The standard InChI is InChI=1S/C21H30N4O8/c1-11(2)7-16(21(32)33)25-20(31)15(8-12-3-5-13(26)6-4-12)24-17(27)10-23-19(30)14(22)9-18(28)29/h3-6,11,14-16,26H,7-10,22H2,1-2H3,(H,23,30)(H,24,27)(H,25,31)(H,28,29)(H,32,33). The molecule has 12 heteroatoms. The number of nitrogens with one attached hydrogen (secondary N) is 3. The van der Waals surface area contributed by atoms with Crippen molar-refractivity contribution in [2.45, 2.75) is 51.2 Å². The van der Waals surface area contributed by atoms with Crippen molar-refractivity contribution in [2.75, 3.05) is 6.54 Å². The molecule has 3 unspecified atom stereocenters. The van der Waals surface area contributed by atoms with E-state index in [-0.39, 0.29) is 24.5 Å². The van der Waals surface area contributed by atoms with E-state index in [1.807, 2.05) is 0 Å². The summed E-state index contributed by atoms with van der Waals surface area (Å²) in [7, 11) is 0. The average Bonchev–Trinajstić information content (AvgIpc) is 2.71. The highest BCUT2D eigenvalue weighted by molar-refractivity contribution is 5.93. The van der Waals surface area contributed by atoms with E-state index in [1.165, 1.54) is 24.3 Å². The second kappa shape index (κ2) is 13.0. The molecule has 0 aliphatic carbocycles. The van der Waals surface area contributed by atoms with Crippen molar-refractivity contribution in [1.82, 2.24) is 16.0 Å². The first-order valence-electron chi connectivity index (χ1n) is 10.2. The molecule has 33 heavy (non-hydrogen) atoms. The number of hydrogen-bond acceptors (Lipinski definition) is 7. The van der Waals surface area contributed by atoms with Crippen molar-refractivity contribution < 1.29 is 39.3 Å². The van der Waals surface area contributed by atoms with Crippen molar-refractivity contribution in [2.24, 2.45) is 11.7 Å². The Bertz CT molecular complexity index is 856. The maximum Gasteiger partial charge on any atom is 0.326 e. The van der Waals surface area contributed by atoms with Gasteiger partial charge in [-0.3, -0.25) is 19.2 Å². The molecule has 12 nitrogen and oxygen atoms in total. The SMILES string of the molecule is CC(C)CC(NC(=O)C(Cc1ccc(O)cc1)NC(=O)CNC(=O)C(N)CC(=O)O)C(=O)O. The van der Waals surface area contributed by atoms with Crippen LogP contribution in [-0.2, 0) is 30.4 Å². The molecule has 0 aliphatic heterocycles. The molecule has 1 aromatic rings. The molecule has 0 radical (unpaired) electrons. The monoisotopic (exact) mass is 466 g/mol. The van der Waals surface area contributed by atoms with Gasteiger partial charge in [0.05, 0.1) is 19.0 Å². The van der Waals surface area contributed by atoms with Crippen LogP contribution in [-0.4, -0.2) is 69.7 Å². The third-order valence-corrected chi connectivity index (χ3v) is 4.50. The Morgan fingerprint density at radius 2 is 1.55 bits per heavy atom. The molecule has 182 valence electrons. The number of hydrogen-bond donors (Lipinski definition) is 7. The van der Waals surface area contributed by atoms with Gasteiger partial charge in [-0.1, -0.05) is 26.0 Å². The number of aromatic hydroxyl groups is 1. The Balaban J connectivity index is 2.88. The first-order chi connectivity index (χ1) is 15.4. The highest BCUT2D eigenvalue weighted by Crippen LogP contribution is 2.12. The summed E-state index contributed by atoms with van der Waals surface area (Å²) in [5.74, 6) is -4.85.